The highest BCUT2D eigenvalue weighted by Gasteiger charge is 2.17. The summed E-state index contributed by atoms with van der Waals surface area (Å²) in [5.74, 6) is -3.03. The molecule has 0 bridgehead atoms. The van der Waals surface area contributed by atoms with E-state index in [1.54, 1.807) is 0 Å². The number of halogens is 2. The first kappa shape index (κ1) is 19.5. The van der Waals surface area contributed by atoms with E-state index in [2.05, 4.69) is 10.1 Å². The van der Waals surface area contributed by atoms with Crippen LogP contribution in [0.15, 0.2) is 53.4 Å². The van der Waals surface area contributed by atoms with Crippen molar-refractivity contribution in [1.82, 2.24) is 4.72 Å². The third-order valence-electron chi connectivity index (χ3n) is 2.99. The second-order valence-corrected chi connectivity index (χ2v) is 6.77. The van der Waals surface area contributed by atoms with E-state index in [-0.39, 0.29) is 10.6 Å². The maximum Gasteiger partial charge on any atom is 0.321 e. The van der Waals surface area contributed by atoms with Gasteiger partial charge in [-0.15, -0.1) is 0 Å². The lowest BCUT2D eigenvalue weighted by Gasteiger charge is -2.08. The van der Waals surface area contributed by atoms with E-state index in [0.717, 1.165) is 24.3 Å². The van der Waals surface area contributed by atoms with Crippen molar-refractivity contribution in [3.8, 4) is 0 Å². The first-order chi connectivity index (χ1) is 12.3. The number of rotatable bonds is 7. The summed E-state index contributed by atoms with van der Waals surface area (Å²) in [7, 11) is -4.10. The number of ether oxygens (including phenoxy) is 1. The van der Waals surface area contributed by atoms with Gasteiger partial charge in [0.2, 0.25) is 10.0 Å². The average Bonchev–Trinajstić information content (AvgIpc) is 2.58. The van der Waals surface area contributed by atoms with Crippen LogP contribution in [0.1, 0.15) is 0 Å². The number of sulfonamides is 1. The number of esters is 1. The van der Waals surface area contributed by atoms with Gasteiger partial charge >= 0.3 is 5.97 Å². The molecule has 2 N–H and O–H groups in total. The number of carbonyl (C=O) groups is 2. The Balaban J connectivity index is 1.80. The lowest BCUT2D eigenvalue weighted by Crippen LogP contribution is -2.32. The molecule has 0 fully saturated rings. The van der Waals surface area contributed by atoms with Crippen LogP contribution >= 0.6 is 0 Å². The summed E-state index contributed by atoms with van der Waals surface area (Å²) in [5, 5.41) is 2.31. The van der Waals surface area contributed by atoms with Crippen LogP contribution in [0.3, 0.4) is 0 Å². The molecule has 0 saturated carbocycles. The van der Waals surface area contributed by atoms with E-state index >= 15 is 0 Å². The molecule has 7 nitrogen and oxygen atoms in total. The molecule has 0 atom stereocenters. The van der Waals surface area contributed by atoms with Gasteiger partial charge in [0.05, 0.1) is 4.90 Å². The zero-order valence-corrected chi connectivity index (χ0v) is 14.1. The molecule has 26 heavy (non-hydrogen) atoms. The van der Waals surface area contributed by atoms with E-state index in [1.165, 1.54) is 24.3 Å². The van der Waals surface area contributed by atoms with Gasteiger partial charge in [-0.05, 0) is 36.4 Å². The van der Waals surface area contributed by atoms with Crippen molar-refractivity contribution in [1.29, 1.82) is 0 Å². The van der Waals surface area contributed by atoms with Gasteiger partial charge in [0.25, 0.3) is 5.91 Å². The van der Waals surface area contributed by atoms with Crippen LogP contribution in [-0.2, 0) is 24.3 Å². The first-order valence-corrected chi connectivity index (χ1v) is 8.71. The van der Waals surface area contributed by atoms with Gasteiger partial charge in [0.1, 0.15) is 18.2 Å². The monoisotopic (exact) mass is 384 g/mol. The molecule has 0 radical (unpaired) electrons. The summed E-state index contributed by atoms with van der Waals surface area (Å²) >= 11 is 0. The average molecular weight is 384 g/mol. The summed E-state index contributed by atoms with van der Waals surface area (Å²) in [5.41, 5.74) is 0.179. The predicted octanol–water partition coefficient (Wildman–Crippen LogP) is 1.42. The lowest BCUT2D eigenvalue weighted by atomic mass is 10.3. The largest absolute Gasteiger partial charge is 0.455 e. The Labute approximate surface area is 148 Å². The summed E-state index contributed by atoms with van der Waals surface area (Å²) in [6.45, 7) is -1.43. The maximum absolute atomic E-state index is 13.1. The van der Waals surface area contributed by atoms with Crippen molar-refractivity contribution in [3.63, 3.8) is 0 Å². The van der Waals surface area contributed by atoms with Crippen molar-refractivity contribution in [3.05, 3.63) is 60.2 Å². The molecule has 2 aromatic carbocycles. The summed E-state index contributed by atoms with van der Waals surface area (Å²) < 4.78 is 56.4. The highest BCUT2D eigenvalue weighted by atomic mass is 32.2. The van der Waals surface area contributed by atoms with Gasteiger partial charge < -0.3 is 10.1 Å². The molecule has 0 saturated heterocycles. The van der Waals surface area contributed by atoms with E-state index in [0.29, 0.717) is 0 Å². The zero-order chi connectivity index (χ0) is 19.2. The Kier molecular flexibility index (Phi) is 6.36. The summed E-state index contributed by atoms with van der Waals surface area (Å²) in [6, 6.07) is 9.33. The topological polar surface area (TPSA) is 102 Å². The molecular weight excluding hydrogens is 370 g/mol. The third kappa shape index (κ3) is 5.90. The molecule has 0 heterocycles. The molecule has 0 aromatic heterocycles. The van der Waals surface area contributed by atoms with Crippen molar-refractivity contribution in [2.24, 2.45) is 0 Å². The van der Waals surface area contributed by atoms with Gasteiger partial charge in [-0.1, -0.05) is 12.1 Å². The molecule has 138 valence electrons. The predicted molar refractivity (Wildman–Crippen MR) is 87.6 cm³/mol. The molecule has 2 rings (SSSR count). The van der Waals surface area contributed by atoms with E-state index in [4.69, 9.17) is 0 Å². The quantitative estimate of drug-likeness (QED) is 0.703. The highest BCUT2D eigenvalue weighted by Crippen LogP contribution is 2.10. The minimum Gasteiger partial charge on any atom is -0.455 e. The van der Waals surface area contributed by atoms with Gasteiger partial charge in [-0.3, -0.25) is 9.59 Å². The Morgan fingerprint density at radius 2 is 1.65 bits per heavy atom. The number of carbonyl (C=O) groups excluding carboxylic acids is 2. The molecule has 10 heteroatoms. The molecule has 0 unspecified atom stereocenters. The fourth-order valence-corrected chi connectivity index (χ4v) is 2.83. The first-order valence-electron chi connectivity index (χ1n) is 7.22. The van der Waals surface area contributed by atoms with Crippen LogP contribution in [0.2, 0.25) is 0 Å². The molecule has 2 aromatic rings. The SMILES string of the molecule is O=C(COC(=O)CNS(=O)(=O)c1cccc(F)c1)Nc1cccc(F)c1. The Hall–Kier alpha value is -2.85. The molecule has 0 aliphatic heterocycles. The van der Waals surface area contributed by atoms with E-state index in [1.807, 2.05) is 4.72 Å². The van der Waals surface area contributed by atoms with Crippen molar-refractivity contribution < 1.29 is 31.5 Å². The lowest BCUT2D eigenvalue weighted by molar-refractivity contribution is -0.146. The fourth-order valence-electron chi connectivity index (χ4n) is 1.83. The maximum atomic E-state index is 13.1. The van der Waals surface area contributed by atoms with Crippen LogP contribution in [-0.4, -0.2) is 33.4 Å². The third-order valence-corrected chi connectivity index (χ3v) is 4.38. The number of hydrogen-bond donors (Lipinski definition) is 2. The van der Waals surface area contributed by atoms with Crippen molar-refractivity contribution in [2.75, 3.05) is 18.5 Å². The summed E-state index contributed by atoms with van der Waals surface area (Å²) in [4.78, 5) is 22.8. The second-order valence-electron chi connectivity index (χ2n) is 5.00. The van der Waals surface area contributed by atoms with Crippen LogP contribution in [0.25, 0.3) is 0 Å². The van der Waals surface area contributed by atoms with E-state index < -0.39 is 46.7 Å². The van der Waals surface area contributed by atoms with Crippen molar-refractivity contribution >= 4 is 27.6 Å². The minimum absolute atomic E-state index is 0.179. The van der Waals surface area contributed by atoms with Gasteiger partial charge in [0, 0.05) is 5.69 Å². The van der Waals surface area contributed by atoms with E-state index in [9.17, 15) is 26.8 Å². The zero-order valence-electron chi connectivity index (χ0n) is 13.2. The Bertz CT molecular complexity index is 918. The molecule has 0 aliphatic rings. The number of nitrogens with one attached hydrogen (secondary N) is 2. The van der Waals surface area contributed by atoms with Gasteiger partial charge in [-0.25, -0.2) is 17.2 Å². The standard InChI is InChI=1S/C16H14F2N2O5S/c17-11-3-1-5-13(7-11)20-15(21)10-25-16(22)9-19-26(23,24)14-6-2-4-12(18)8-14/h1-8,19H,9-10H2,(H,20,21). The fraction of sp³-hybridized carbons (Fsp3) is 0.125. The Morgan fingerprint density at radius 1 is 1.00 bits per heavy atom. The van der Waals surface area contributed by atoms with Crippen LogP contribution in [0.4, 0.5) is 14.5 Å². The number of hydrogen-bond acceptors (Lipinski definition) is 5. The Morgan fingerprint density at radius 3 is 2.31 bits per heavy atom. The normalized spacial score (nSPS) is 11.0. The molecular formula is C16H14F2N2O5S. The number of benzene rings is 2. The second kappa shape index (κ2) is 8.50. The highest BCUT2D eigenvalue weighted by molar-refractivity contribution is 7.89. The molecule has 0 spiro atoms. The van der Waals surface area contributed by atoms with Crippen LogP contribution in [0, 0.1) is 11.6 Å². The van der Waals surface area contributed by atoms with Gasteiger partial charge in [-0.2, -0.15) is 4.72 Å². The molecule has 0 aliphatic carbocycles. The van der Waals surface area contributed by atoms with Crippen LogP contribution < -0.4 is 10.0 Å². The number of anilines is 1. The smallest absolute Gasteiger partial charge is 0.321 e. The number of amides is 1. The molecule has 1 amide bonds. The minimum atomic E-state index is -4.10. The van der Waals surface area contributed by atoms with Gasteiger partial charge in [0.15, 0.2) is 6.61 Å². The van der Waals surface area contributed by atoms with Crippen LogP contribution in [0.5, 0.6) is 0 Å². The van der Waals surface area contributed by atoms with Crippen molar-refractivity contribution in [2.45, 2.75) is 4.90 Å². The summed E-state index contributed by atoms with van der Waals surface area (Å²) in [6.07, 6.45) is 0.